The normalized spacial score (nSPS) is 11.7. The van der Waals surface area contributed by atoms with Crippen LogP contribution in [0.1, 0.15) is 45.7 Å². The smallest absolute Gasteiger partial charge is 0.137 e. The Morgan fingerprint density at radius 3 is 2.44 bits per heavy atom. The Kier molecular flexibility index (Phi) is 6.67. The molecule has 1 aromatic carbocycles. The van der Waals surface area contributed by atoms with Crippen LogP contribution in [0, 0.1) is 18.3 Å². The molecule has 1 aromatic heterocycles. The molecule has 138 valence electrons. The molecule has 0 radical (unpaired) electrons. The van der Waals surface area contributed by atoms with Crippen molar-refractivity contribution >= 4 is 5.71 Å². The molecule has 27 heavy (non-hydrogen) atoms. The molecule has 0 atom stereocenters. The lowest BCUT2D eigenvalue weighted by atomic mass is 10.1. The molecule has 1 heterocycles. The highest BCUT2D eigenvalue weighted by Gasteiger charge is 2.10. The van der Waals surface area contributed by atoms with Crippen LogP contribution in [0.2, 0.25) is 0 Å². The van der Waals surface area contributed by atoms with Crippen LogP contribution in [0.5, 0.6) is 5.75 Å². The van der Waals surface area contributed by atoms with Gasteiger partial charge in [-0.2, -0.15) is 5.26 Å². The lowest BCUT2D eigenvalue weighted by Crippen LogP contribution is -1.98. The molecule has 4 nitrogen and oxygen atoms in total. The minimum atomic E-state index is 0.541. The van der Waals surface area contributed by atoms with Crippen LogP contribution in [0.4, 0.5) is 0 Å². The summed E-state index contributed by atoms with van der Waals surface area (Å²) in [5.41, 5.74) is 6.31. The maximum Gasteiger partial charge on any atom is 0.137 e. The monoisotopic (exact) mass is 359 g/mol. The van der Waals surface area contributed by atoms with Crippen molar-refractivity contribution in [3.63, 3.8) is 0 Å². The zero-order valence-electron chi connectivity index (χ0n) is 16.8. The summed E-state index contributed by atoms with van der Waals surface area (Å²) in [7, 11) is 0. The van der Waals surface area contributed by atoms with Gasteiger partial charge >= 0.3 is 0 Å². The van der Waals surface area contributed by atoms with Crippen LogP contribution in [0.25, 0.3) is 11.3 Å². The summed E-state index contributed by atoms with van der Waals surface area (Å²) in [5, 5.41) is 9.23. The van der Waals surface area contributed by atoms with Crippen LogP contribution in [-0.2, 0) is 0 Å². The van der Waals surface area contributed by atoms with E-state index in [-0.39, 0.29) is 0 Å². The van der Waals surface area contributed by atoms with Crippen molar-refractivity contribution in [1.82, 2.24) is 4.98 Å². The van der Waals surface area contributed by atoms with Gasteiger partial charge in [0.25, 0.3) is 0 Å². The standard InChI is InChI=1S/C23H25N3O/c1-15(2)19(6)26-17(4)11-18(5)27-23-12-20(13-24)8-9-21(23)22-10-7-16(3)14-25-22/h7-12,14H,1-6H3/b18-11+,26-17?. The molecule has 0 aliphatic carbocycles. The molecule has 0 unspecified atom stereocenters. The minimum Gasteiger partial charge on any atom is -0.461 e. The van der Waals surface area contributed by atoms with E-state index in [1.165, 1.54) is 5.57 Å². The molecule has 0 aliphatic heterocycles. The number of aliphatic imine (C=N–C) groups is 1. The Hall–Kier alpha value is -3.19. The van der Waals surface area contributed by atoms with E-state index in [1.54, 1.807) is 12.1 Å². The maximum atomic E-state index is 9.23. The molecular formula is C23H25N3O. The van der Waals surface area contributed by atoms with E-state index in [1.807, 2.05) is 72.0 Å². The first-order valence-corrected chi connectivity index (χ1v) is 8.83. The molecule has 0 fully saturated rings. The fourth-order valence-electron chi connectivity index (χ4n) is 2.42. The fraction of sp³-hybridized carbons (Fsp3) is 0.261. The molecule has 0 spiro atoms. The first-order valence-electron chi connectivity index (χ1n) is 8.83. The van der Waals surface area contributed by atoms with Crippen LogP contribution in [0.15, 0.2) is 64.6 Å². The van der Waals surface area contributed by atoms with Crippen molar-refractivity contribution < 1.29 is 4.74 Å². The van der Waals surface area contributed by atoms with Crippen molar-refractivity contribution in [2.24, 2.45) is 4.99 Å². The van der Waals surface area contributed by atoms with E-state index < -0.39 is 0 Å². The Morgan fingerprint density at radius 2 is 1.85 bits per heavy atom. The predicted octanol–water partition coefficient (Wildman–Crippen LogP) is 5.99. The summed E-state index contributed by atoms with van der Waals surface area (Å²) in [5.74, 6) is 1.30. The van der Waals surface area contributed by atoms with Gasteiger partial charge in [-0.15, -0.1) is 0 Å². The lowest BCUT2D eigenvalue weighted by Gasteiger charge is -2.12. The van der Waals surface area contributed by atoms with E-state index in [9.17, 15) is 5.26 Å². The predicted molar refractivity (Wildman–Crippen MR) is 111 cm³/mol. The summed E-state index contributed by atoms with van der Waals surface area (Å²) in [6.45, 7) is 11.9. The number of aromatic nitrogens is 1. The number of pyridine rings is 1. The maximum absolute atomic E-state index is 9.23. The van der Waals surface area contributed by atoms with Gasteiger partial charge in [-0.3, -0.25) is 9.98 Å². The molecule has 0 N–H and O–H groups in total. The Labute approximate surface area is 161 Å². The zero-order valence-corrected chi connectivity index (χ0v) is 16.8. The lowest BCUT2D eigenvalue weighted by molar-refractivity contribution is 0.430. The highest BCUT2D eigenvalue weighted by atomic mass is 16.5. The Bertz CT molecular complexity index is 954. The molecular weight excluding hydrogens is 334 g/mol. The number of aryl methyl sites for hydroxylation is 1. The first kappa shape index (κ1) is 20.1. The average molecular weight is 359 g/mol. The van der Waals surface area contributed by atoms with Crippen LogP contribution in [0.3, 0.4) is 0 Å². The highest BCUT2D eigenvalue weighted by molar-refractivity contribution is 5.93. The Balaban J connectivity index is 2.39. The van der Waals surface area contributed by atoms with Crippen LogP contribution in [-0.4, -0.2) is 10.7 Å². The summed E-state index contributed by atoms with van der Waals surface area (Å²) in [4.78, 5) is 9.04. The van der Waals surface area contributed by atoms with E-state index in [0.717, 1.165) is 28.2 Å². The number of hydrogen-bond donors (Lipinski definition) is 0. The third-order valence-corrected chi connectivity index (χ3v) is 4.05. The van der Waals surface area contributed by atoms with Gasteiger partial charge in [0.2, 0.25) is 0 Å². The van der Waals surface area contributed by atoms with Gasteiger partial charge in [0.1, 0.15) is 11.5 Å². The third kappa shape index (κ3) is 5.65. The van der Waals surface area contributed by atoms with Gasteiger partial charge in [0.05, 0.1) is 17.3 Å². The van der Waals surface area contributed by atoms with Crippen molar-refractivity contribution in [2.75, 3.05) is 0 Å². The summed E-state index contributed by atoms with van der Waals surface area (Å²) >= 11 is 0. The SMILES string of the molecule is CC(/C=C(\C)Oc1cc(C#N)ccc1-c1ccc(C)cn1)=NC(C)=C(C)C. The number of rotatable bonds is 5. The molecule has 0 amide bonds. The van der Waals surface area contributed by atoms with Crippen molar-refractivity contribution in [3.05, 3.63) is 70.8 Å². The fourth-order valence-corrected chi connectivity index (χ4v) is 2.42. The number of ether oxygens (including phenoxy) is 1. The van der Waals surface area contributed by atoms with E-state index in [2.05, 4.69) is 16.0 Å². The molecule has 0 saturated heterocycles. The van der Waals surface area contributed by atoms with Crippen LogP contribution < -0.4 is 4.74 Å². The van der Waals surface area contributed by atoms with Crippen LogP contribution >= 0.6 is 0 Å². The number of allylic oxidation sites excluding steroid dienone is 4. The molecule has 2 aromatic rings. The number of nitrogens with zero attached hydrogens (tertiary/aromatic N) is 3. The summed E-state index contributed by atoms with van der Waals surface area (Å²) in [6.07, 6.45) is 3.71. The number of nitriles is 1. The molecule has 0 saturated carbocycles. The summed E-state index contributed by atoms with van der Waals surface area (Å²) < 4.78 is 6.06. The molecule has 0 bridgehead atoms. The molecule has 0 aliphatic rings. The third-order valence-electron chi connectivity index (χ3n) is 4.05. The van der Waals surface area contributed by atoms with Gasteiger partial charge in [-0.1, -0.05) is 11.6 Å². The van der Waals surface area contributed by atoms with E-state index in [0.29, 0.717) is 17.1 Å². The van der Waals surface area contributed by atoms with Crippen molar-refractivity contribution in [1.29, 1.82) is 5.26 Å². The highest BCUT2D eigenvalue weighted by Crippen LogP contribution is 2.31. The summed E-state index contributed by atoms with van der Waals surface area (Å²) in [6, 6.07) is 11.5. The molecule has 2 rings (SSSR count). The van der Waals surface area contributed by atoms with Crippen molar-refractivity contribution in [2.45, 2.75) is 41.5 Å². The number of hydrogen-bond acceptors (Lipinski definition) is 4. The minimum absolute atomic E-state index is 0.541. The Morgan fingerprint density at radius 1 is 1.11 bits per heavy atom. The van der Waals surface area contributed by atoms with E-state index in [4.69, 9.17) is 4.74 Å². The second-order valence-electron chi connectivity index (χ2n) is 6.74. The van der Waals surface area contributed by atoms with Gasteiger partial charge in [0.15, 0.2) is 0 Å². The quantitative estimate of drug-likeness (QED) is 0.487. The first-order chi connectivity index (χ1) is 12.8. The van der Waals surface area contributed by atoms with E-state index >= 15 is 0 Å². The van der Waals surface area contributed by atoms with Gasteiger partial charge in [0, 0.05) is 23.2 Å². The van der Waals surface area contributed by atoms with Gasteiger partial charge in [-0.25, -0.2) is 0 Å². The topological polar surface area (TPSA) is 58.3 Å². The molecule has 4 heteroatoms. The second-order valence-corrected chi connectivity index (χ2v) is 6.74. The second kappa shape index (κ2) is 8.95. The largest absolute Gasteiger partial charge is 0.461 e. The number of benzene rings is 1. The van der Waals surface area contributed by atoms with Crippen molar-refractivity contribution in [3.8, 4) is 23.1 Å². The average Bonchev–Trinajstić information content (AvgIpc) is 2.62. The van der Waals surface area contributed by atoms with Gasteiger partial charge < -0.3 is 4.74 Å². The zero-order chi connectivity index (χ0) is 20.0. The van der Waals surface area contributed by atoms with Gasteiger partial charge in [-0.05, 0) is 77.4 Å².